The number of hydrogen-bond donors (Lipinski definition) is 0. The van der Waals surface area contributed by atoms with Crippen LogP contribution in [0.4, 0.5) is 0 Å². The van der Waals surface area contributed by atoms with Gasteiger partial charge in [0.05, 0.1) is 5.57 Å². The second kappa shape index (κ2) is 7.06. The number of ketones is 1. The highest BCUT2D eigenvalue weighted by Gasteiger charge is 2.14. The van der Waals surface area contributed by atoms with Gasteiger partial charge in [-0.1, -0.05) is 32.1 Å². The molecule has 78 valence electrons. The molecule has 0 radical (unpaired) electrons. The maximum absolute atomic E-state index is 11.3. The van der Waals surface area contributed by atoms with E-state index in [0.717, 1.165) is 6.42 Å². The molecule has 3 heteroatoms. The van der Waals surface area contributed by atoms with Crippen LogP contribution in [-0.4, -0.2) is 18.4 Å². The van der Waals surface area contributed by atoms with E-state index in [1.807, 2.05) is 6.92 Å². The van der Waals surface area contributed by atoms with Gasteiger partial charge in [-0.05, 0) is 13.3 Å². The van der Waals surface area contributed by atoms with Crippen molar-refractivity contribution in [3.05, 3.63) is 24.3 Å². The molecule has 0 rings (SSSR count). The van der Waals surface area contributed by atoms with Crippen LogP contribution in [0.15, 0.2) is 24.3 Å². The minimum Gasteiger partial charge on any atom is -0.458 e. The lowest BCUT2D eigenvalue weighted by Crippen LogP contribution is -2.13. The first kappa shape index (κ1) is 12.6. The van der Waals surface area contributed by atoms with Crippen LogP contribution in [0.5, 0.6) is 0 Å². The predicted molar refractivity (Wildman–Crippen MR) is 54.8 cm³/mol. The van der Waals surface area contributed by atoms with Crippen LogP contribution in [0.3, 0.4) is 0 Å². The van der Waals surface area contributed by atoms with Crippen LogP contribution >= 0.6 is 0 Å². The summed E-state index contributed by atoms with van der Waals surface area (Å²) in [6.45, 7) is 6.89. The third-order valence-corrected chi connectivity index (χ3v) is 1.57. The topological polar surface area (TPSA) is 43.4 Å². The maximum atomic E-state index is 11.3. The Morgan fingerprint density at radius 3 is 2.50 bits per heavy atom. The van der Waals surface area contributed by atoms with Gasteiger partial charge in [-0.15, -0.1) is 0 Å². The number of unbranched alkanes of at least 4 members (excludes halogenated alkanes) is 1. The molecule has 3 nitrogen and oxygen atoms in total. The molecule has 0 N–H and O–H groups in total. The van der Waals surface area contributed by atoms with Gasteiger partial charge in [0, 0.05) is 0 Å². The van der Waals surface area contributed by atoms with Gasteiger partial charge in [0.15, 0.2) is 5.78 Å². The second-order valence-corrected chi connectivity index (χ2v) is 2.85. The first-order valence-corrected chi connectivity index (χ1v) is 4.62. The second-order valence-electron chi connectivity index (χ2n) is 2.85. The van der Waals surface area contributed by atoms with E-state index in [-0.39, 0.29) is 18.0 Å². The molecule has 0 saturated heterocycles. The Balaban J connectivity index is 4.41. The van der Waals surface area contributed by atoms with Crippen molar-refractivity contribution in [2.45, 2.75) is 26.7 Å². The zero-order valence-corrected chi connectivity index (χ0v) is 8.71. The number of hydrogen-bond acceptors (Lipinski definition) is 3. The van der Waals surface area contributed by atoms with E-state index >= 15 is 0 Å². The molecular weight excluding hydrogens is 180 g/mol. The molecule has 0 aliphatic heterocycles. The van der Waals surface area contributed by atoms with Gasteiger partial charge in [0.25, 0.3) is 0 Å². The van der Waals surface area contributed by atoms with Crippen molar-refractivity contribution >= 4 is 11.8 Å². The molecule has 0 amide bonds. The predicted octanol–water partition coefficient (Wildman–Crippen LogP) is 2.03. The highest BCUT2D eigenvalue weighted by atomic mass is 16.5. The zero-order chi connectivity index (χ0) is 11.0. The van der Waals surface area contributed by atoms with Crippen molar-refractivity contribution < 1.29 is 14.3 Å². The molecular formula is C11H16O3. The monoisotopic (exact) mass is 196 g/mol. The lowest BCUT2D eigenvalue weighted by molar-refractivity contribution is -0.139. The number of rotatable bonds is 6. The SMILES string of the molecule is C=CCOC(=O)/C(=C/CCC)C(C)=O. The Morgan fingerprint density at radius 2 is 2.07 bits per heavy atom. The summed E-state index contributed by atoms with van der Waals surface area (Å²) in [4.78, 5) is 22.3. The van der Waals surface area contributed by atoms with Crippen LogP contribution in [0.2, 0.25) is 0 Å². The molecule has 0 bridgehead atoms. The minimum absolute atomic E-state index is 0.133. The van der Waals surface area contributed by atoms with Crippen molar-refractivity contribution in [1.82, 2.24) is 0 Å². The van der Waals surface area contributed by atoms with Crippen molar-refractivity contribution in [2.24, 2.45) is 0 Å². The Hall–Kier alpha value is -1.38. The molecule has 0 aliphatic carbocycles. The summed E-state index contributed by atoms with van der Waals surface area (Å²) in [5.41, 5.74) is 0.133. The lowest BCUT2D eigenvalue weighted by Gasteiger charge is -2.02. The third-order valence-electron chi connectivity index (χ3n) is 1.57. The fraction of sp³-hybridized carbons (Fsp3) is 0.455. The number of carbonyl (C=O) groups excluding carboxylic acids is 2. The molecule has 0 aliphatic rings. The quantitative estimate of drug-likeness (QED) is 0.215. The van der Waals surface area contributed by atoms with Crippen molar-refractivity contribution in [2.75, 3.05) is 6.61 Å². The average Bonchev–Trinajstić information content (AvgIpc) is 2.14. The Bertz CT molecular complexity index is 251. The van der Waals surface area contributed by atoms with Crippen LogP contribution in [0.1, 0.15) is 26.7 Å². The fourth-order valence-corrected chi connectivity index (χ4v) is 0.872. The number of allylic oxidation sites excluding steroid dienone is 1. The third kappa shape index (κ3) is 4.60. The molecule has 0 aromatic rings. The number of esters is 1. The molecule has 0 saturated carbocycles. The average molecular weight is 196 g/mol. The van der Waals surface area contributed by atoms with Crippen molar-refractivity contribution in [3.8, 4) is 0 Å². The summed E-state index contributed by atoms with van der Waals surface area (Å²) in [7, 11) is 0. The summed E-state index contributed by atoms with van der Waals surface area (Å²) in [5.74, 6) is -0.821. The molecule has 14 heavy (non-hydrogen) atoms. The smallest absolute Gasteiger partial charge is 0.341 e. The van der Waals surface area contributed by atoms with E-state index in [1.54, 1.807) is 6.08 Å². The summed E-state index contributed by atoms with van der Waals surface area (Å²) >= 11 is 0. The molecule has 0 heterocycles. The highest BCUT2D eigenvalue weighted by Crippen LogP contribution is 2.03. The normalized spacial score (nSPS) is 10.9. The van der Waals surface area contributed by atoms with Gasteiger partial charge in [-0.3, -0.25) is 4.79 Å². The summed E-state index contributed by atoms with van der Waals surface area (Å²) in [6, 6.07) is 0. The number of ether oxygens (including phenoxy) is 1. The van der Waals surface area contributed by atoms with Gasteiger partial charge < -0.3 is 4.74 Å². The highest BCUT2D eigenvalue weighted by molar-refractivity contribution is 6.16. The largest absolute Gasteiger partial charge is 0.458 e. The number of Topliss-reactive ketones (excluding diaryl/α,β-unsaturated/α-hetero) is 1. The van der Waals surface area contributed by atoms with Gasteiger partial charge in [-0.2, -0.15) is 0 Å². The van der Waals surface area contributed by atoms with E-state index in [9.17, 15) is 9.59 Å². The Kier molecular flexibility index (Phi) is 6.37. The molecule has 0 fully saturated rings. The van der Waals surface area contributed by atoms with Crippen LogP contribution in [0.25, 0.3) is 0 Å². The maximum Gasteiger partial charge on any atom is 0.341 e. The fourth-order valence-electron chi connectivity index (χ4n) is 0.872. The summed E-state index contributed by atoms with van der Waals surface area (Å²) < 4.78 is 4.77. The van der Waals surface area contributed by atoms with Gasteiger partial charge in [-0.25, -0.2) is 4.79 Å². The number of carbonyl (C=O) groups is 2. The van der Waals surface area contributed by atoms with Gasteiger partial charge >= 0.3 is 5.97 Å². The summed E-state index contributed by atoms with van der Waals surface area (Å²) in [6.07, 6.45) is 4.69. The first-order valence-electron chi connectivity index (χ1n) is 4.62. The lowest BCUT2D eigenvalue weighted by atomic mass is 10.1. The summed E-state index contributed by atoms with van der Waals surface area (Å²) in [5, 5.41) is 0. The minimum atomic E-state index is -0.564. The zero-order valence-electron chi connectivity index (χ0n) is 8.71. The molecule has 0 spiro atoms. The standard InChI is InChI=1S/C11H16O3/c1-4-6-7-10(9(3)12)11(13)14-8-5-2/h5,7H,2,4,6,8H2,1,3H3/b10-7+. The van der Waals surface area contributed by atoms with Crippen LogP contribution < -0.4 is 0 Å². The molecule has 0 aromatic heterocycles. The van der Waals surface area contributed by atoms with Gasteiger partial charge in [0.2, 0.25) is 0 Å². The van der Waals surface area contributed by atoms with Gasteiger partial charge in [0.1, 0.15) is 6.61 Å². The van der Waals surface area contributed by atoms with E-state index in [1.165, 1.54) is 13.0 Å². The van der Waals surface area contributed by atoms with Crippen molar-refractivity contribution in [3.63, 3.8) is 0 Å². The molecule has 0 aromatic carbocycles. The first-order chi connectivity index (χ1) is 6.63. The van der Waals surface area contributed by atoms with Crippen LogP contribution in [0, 0.1) is 0 Å². The van der Waals surface area contributed by atoms with Crippen LogP contribution in [-0.2, 0) is 14.3 Å². The van der Waals surface area contributed by atoms with E-state index in [4.69, 9.17) is 4.74 Å². The van der Waals surface area contributed by atoms with E-state index in [0.29, 0.717) is 6.42 Å². The van der Waals surface area contributed by atoms with Crippen molar-refractivity contribution in [1.29, 1.82) is 0 Å². The molecule has 0 unspecified atom stereocenters. The van der Waals surface area contributed by atoms with E-state index in [2.05, 4.69) is 6.58 Å². The Morgan fingerprint density at radius 1 is 1.43 bits per heavy atom. The van der Waals surface area contributed by atoms with E-state index < -0.39 is 5.97 Å². The Labute approximate surface area is 84.4 Å². The molecule has 0 atom stereocenters.